The summed E-state index contributed by atoms with van der Waals surface area (Å²) >= 11 is 0. The fourth-order valence-electron chi connectivity index (χ4n) is 1.96. The Bertz CT molecular complexity index is 685. The van der Waals surface area contributed by atoms with Crippen LogP contribution in [0.15, 0.2) is 53.7 Å². The molecule has 0 saturated heterocycles. The van der Waals surface area contributed by atoms with Crippen LogP contribution >= 0.6 is 0 Å². The molecule has 0 aliphatic carbocycles. The molecular formula is C15H17FN2O2S. The second-order valence-corrected chi connectivity index (χ2v) is 6.85. The lowest BCUT2D eigenvalue weighted by atomic mass is 10.2. The van der Waals surface area contributed by atoms with Crippen molar-refractivity contribution < 1.29 is 12.8 Å². The first kappa shape index (κ1) is 15.6. The average Bonchev–Trinajstić information content (AvgIpc) is 2.46. The van der Waals surface area contributed by atoms with Crippen molar-refractivity contribution in [1.29, 1.82) is 0 Å². The van der Waals surface area contributed by atoms with Gasteiger partial charge in [-0.1, -0.05) is 6.07 Å². The molecule has 1 heterocycles. The molecule has 1 aromatic carbocycles. The Kier molecular flexibility index (Phi) is 4.69. The van der Waals surface area contributed by atoms with Gasteiger partial charge in [0.15, 0.2) is 0 Å². The first-order valence-corrected chi connectivity index (χ1v) is 8.01. The van der Waals surface area contributed by atoms with E-state index in [4.69, 9.17) is 0 Å². The molecule has 0 unspecified atom stereocenters. The maximum Gasteiger partial charge on any atom is 0.243 e. The van der Waals surface area contributed by atoms with Crippen molar-refractivity contribution in [2.75, 3.05) is 0 Å². The summed E-state index contributed by atoms with van der Waals surface area (Å²) < 4.78 is 39.7. The zero-order chi connectivity index (χ0) is 15.5. The van der Waals surface area contributed by atoms with Crippen molar-refractivity contribution in [3.8, 4) is 0 Å². The third-order valence-electron chi connectivity index (χ3n) is 3.06. The van der Waals surface area contributed by atoms with Crippen molar-refractivity contribution >= 4 is 10.0 Å². The third-order valence-corrected chi connectivity index (χ3v) is 5.09. The number of aromatic nitrogens is 1. The van der Waals surface area contributed by atoms with Crippen LogP contribution in [0.5, 0.6) is 0 Å². The van der Waals surface area contributed by atoms with E-state index in [1.165, 1.54) is 16.4 Å². The van der Waals surface area contributed by atoms with Crippen molar-refractivity contribution in [3.05, 3.63) is 60.2 Å². The minimum absolute atomic E-state index is 0.0847. The first-order valence-electron chi connectivity index (χ1n) is 6.57. The molecule has 0 radical (unpaired) electrons. The molecule has 0 fully saturated rings. The van der Waals surface area contributed by atoms with E-state index < -0.39 is 15.8 Å². The molecule has 112 valence electrons. The number of sulfonamides is 1. The number of nitrogens with zero attached hydrogens (tertiary/aromatic N) is 2. The van der Waals surface area contributed by atoms with E-state index in [9.17, 15) is 12.8 Å². The largest absolute Gasteiger partial charge is 0.264 e. The molecule has 0 aliphatic rings. The van der Waals surface area contributed by atoms with E-state index in [2.05, 4.69) is 4.98 Å². The van der Waals surface area contributed by atoms with Crippen LogP contribution in [0.1, 0.15) is 19.4 Å². The molecule has 6 heteroatoms. The van der Waals surface area contributed by atoms with Gasteiger partial charge in [0.2, 0.25) is 10.0 Å². The molecule has 1 aromatic heterocycles. The monoisotopic (exact) mass is 308 g/mol. The molecule has 0 spiro atoms. The van der Waals surface area contributed by atoms with E-state index >= 15 is 0 Å². The van der Waals surface area contributed by atoms with Gasteiger partial charge in [-0.3, -0.25) is 4.98 Å². The average molecular weight is 308 g/mol. The van der Waals surface area contributed by atoms with Gasteiger partial charge in [-0.05, 0) is 49.7 Å². The molecule has 4 nitrogen and oxygen atoms in total. The van der Waals surface area contributed by atoms with E-state index in [0.29, 0.717) is 0 Å². The van der Waals surface area contributed by atoms with Gasteiger partial charge in [0.05, 0.1) is 4.90 Å². The summed E-state index contributed by atoms with van der Waals surface area (Å²) in [6.07, 6.45) is 3.27. The molecule has 0 aliphatic heterocycles. The summed E-state index contributed by atoms with van der Waals surface area (Å²) in [5.41, 5.74) is 0.803. The zero-order valence-corrected chi connectivity index (χ0v) is 12.7. The lowest BCUT2D eigenvalue weighted by molar-refractivity contribution is 0.347. The number of halogens is 1. The Morgan fingerprint density at radius 3 is 2.38 bits per heavy atom. The summed E-state index contributed by atoms with van der Waals surface area (Å²) in [5.74, 6) is -0.461. The molecule has 21 heavy (non-hydrogen) atoms. The van der Waals surface area contributed by atoms with Crippen molar-refractivity contribution in [1.82, 2.24) is 9.29 Å². The quantitative estimate of drug-likeness (QED) is 0.853. The Hall–Kier alpha value is -1.79. The molecule has 2 aromatic rings. The maximum absolute atomic E-state index is 13.0. The second kappa shape index (κ2) is 6.32. The van der Waals surface area contributed by atoms with Gasteiger partial charge >= 0.3 is 0 Å². The second-order valence-electron chi connectivity index (χ2n) is 4.96. The lowest BCUT2D eigenvalue weighted by Gasteiger charge is -2.26. The summed E-state index contributed by atoms with van der Waals surface area (Å²) in [4.78, 5) is 4.08. The van der Waals surface area contributed by atoms with Crippen LogP contribution in [0.2, 0.25) is 0 Å². The number of hydrogen-bond donors (Lipinski definition) is 0. The van der Waals surface area contributed by atoms with E-state index in [1.54, 1.807) is 32.3 Å². The normalized spacial score (nSPS) is 12.0. The van der Waals surface area contributed by atoms with E-state index in [0.717, 1.165) is 17.7 Å². The molecule has 2 rings (SSSR count). The van der Waals surface area contributed by atoms with Gasteiger partial charge in [0.1, 0.15) is 5.82 Å². The van der Waals surface area contributed by atoms with Gasteiger partial charge in [-0.2, -0.15) is 4.31 Å². The van der Waals surface area contributed by atoms with Gasteiger partial charge < -0.3 is 0 Å². The number of hydrogen-bond acceptors (Lipinski definition) is 3. The third kappa shape index (κ3) is 3.65. The van der Waals surface area contributed by atoms with Crippen molar-refractivity contribution in [3.63, 3.8) is 0 Å². The minimum Gasteiger partial charge on any atom is -0.264 e. The van der Waals surface area contributed by atoms with E-state index in [1.807, 2.05) is 6.07 Å². The molecule has 0 N–H and O–H groups in total. The van der Waals surface area contributed by atoms with Crippen LogP contribution in [-0.2, 0) is 16.6 Å². The van der Waals surface area contributed by atoms with Gasteiger partial charge in [-0.15, -0.1) is 0 Å². The molecular weight excluding hydrogens is 291 g/mol. The van der Waals surface area contributed by atoms with Crippen molar-refractivity contribution in [2.45, 2.75) is 31.3 Å². The molecule has 0 atom stereocenters. The van der Waals surface area contributed by atoms with Crippen LogP contribution in [0.25, 0.3) is 0 Å². The summed E-state index contributed by atoms with van der Waals surface area (Å²) in [6, 6.07) is 8.22. The summed E-state index contributed by atoms with van der Waals surface area (Å²) in [6.45, 7) is 3.83. The maximum atomic E-state index is 13.0. The number of pyridine rings is 1. The number of rotatable bonds is 5. The first-order chi connectivity index (χ1) is 9.91. The SMILES string of the molecule is CC(C)N(Cc1cccnc1)S(=O)(=O)c1ccc(F)cc1. The summed E-state index contributed by atoms with van der Waals surface area (Å²) in [7, 11) is -3.68. The Morgan fingerprint density at radius 2 is 1.86 bits per heavy atom. The molecule has 0 saturated carbocycles. The standard InChI is InChI=1S/C15H17FN2O2S/c1-12(2)18(11-13-4-3-9-17-10-13)21(19,20)15-7-5-14(16)6-8-15/h3-10,12H,11H2,1-2H3. The predicted octanol–water partition coefficient (Wildman–Crippen LogP) is 2.82. The van der Waals surface area contributed by atoms with Crippen LogP contribution in [0.3, 0.4) is 0 Å². The topological polar surface area (TPSA) is 50.3 Å². The van der Waals surface area contributed by atoms with Crippen molar-refractivity contribution in [2.24, 2.45) is 0 Å². The highest BCUT2D eigenvalue weighted by atomic mass is 32.2. The highest BCUT2D eigenvalue weighted by Gasteiger charge is 2.27. The van der Waals surface area contributed by atoms with Crippen LogP contribution < -0.4 is 0 Å². The Balaban J connectivity index is 2.35. The fraction of sp³-hybridized carbons (Fsp3) is 0.267. The highest BCUT2D eigenvalue weighted by Crippen LogP contribution is 2.21. The van der Waals surface area contributed by atoms with Gasteiger partial charge in [0, 0.05) is 25.0 Å². The van der Waals surface area contributed by atoms with Crippen LogP contribution in [0.4, 0.5) is 4.39 Å². The molecule has 0 amide bonds. The smallest absolute Gasteiger partial charge is 0.243 e. The lowest BCUT2D eigenvalue weighted by Crippen LogP contribution is -2.36. The Labute approximate surface area is 124 Å². The van der Waals surface area contributed by atoms with Crippen LogP contribution in [-0.4, -0.2) is 23.7 Å². The minimum atomic E-state index is -3.68. The van der Waals surface area contributed by atoms with Gasteiger partial charge in [-0.25, -0.2) is 12.8 Å². The summed E-state index contributed by atoms with van der Waals surface area (Å²) in [5, 5.41) is 0. The number of benzene rings is 1. The fourth-order valence-corrected chi connectivity index (χ4v) is 3.58. The van der Waals surface area contributed by atoms with E-state index in [-0.39, 0.29) is 17.5 Å². The van der Waals surface area contributed by atoms with Crippen LogP contribution in [0, 0.1) is 5.82 Å². The zero-order valence-electron chi connectivity index (χ0n) is 11.9. The Morgan fingerprint density at radius 1 is 1.19 bits per heavy atom. The highest BCUT2D eigenvalue weighted by molar-refractivity contribution is 7.89. The van der Waals surface area contributed by atoms with Gasteiger partial charge in [0.25, 0.3) is 0 Å². The molecule has 0 bridgehead atoms. The predicted molar refractivity (Wildman–Crippen MR) is 78.5 cm³/mol.